The summed E-state index contributed by atoms with van der Waals surface area (Å²) in [7, 11) is 0. The van der Waals surface area contributed by atoms with Crippen LogP contribution in [0.15, 0.2) is 30.3 Å². The second-order valence-electron chi connectivity index (χ2n) is 4.23. The number of rotatable bonds is 4. The minimum absolute atomic E-state index is 0. The minimum atomic E-state index is -0.895. The third-order valence-electron chi connectivity index (χ3n) is 2.30. The molecule has 1 rings (SSSR count). The van der Waals surface area contributed by atoms with Crippen molar-refractivity contribution in [2.75, 3.05) is 0 Å². The molecule has 0 unspecified atom stereocenters. The maximum absolute atomic E-state index is 11.5. The van der Waals surface area contributed by atoms with Gasteiger partial charge < -0.3 is 15.8 Å². The lowest BCUT2D eigenvalue weighted by atomic mass is 10.1. The molecule has 4 N–H and O–H groups in total. The Morgan fingerprint density at radius 3 is 2.44 bits per heavy atom. The number of nitrogens with one attached hydrogen (secondary N) is 2. The average molecular weight is 272 g/mol. The lowest BCUT2D eigenvalue weighted by molar-refractivity contribution is 0.134. The lowest BCUT2D eigenvalue weighted by Gasteiger charge is -2.23. The van der Waals surface area contributed by atoms with Crippen molar-refractivity contribution in [3.8, 4) is 0 Å². The van der Waals surface area contributed by atoms with E-state index in [0.29, 0.717) is 0 Å². The quantitative estimate of drug-likeness (QED) is 0.578. The predicted octanol–water partition coefficient (Wildman–Crippen LogP) is 2.05. The van der Waals surface area contributed by atoms with Crippen molar-refractivity contribution in [2.45, 2.75) is 26.0 Å². The highest BCUT2D eigenvalue weighted by Crippen LogP contribution is 2.04. The van der Waals surface area contributed by atoms with Crippen LogP contribution >= 0.6 is 12.4 Å². The Morgan fingerprint density at radius 1 is 1.39 bits per heavy atom. The first-order valence-electron chi connectivity index (χ1n) is 5.25. The van der Waals surface area contributed by atoms with Crippen molar-refractivity contribution in [1.82, 2.24) is 5.32 Å². The molecule has 0 fully saturated rings. The fraction of sp³-hybridized carbons (Fsp3) is 0.333. The first-order valence-corrected chi connectivity index (χ1v) is 5.25. The summed E-state index contributed by atoms with van der Waals surface area (Å²) in [5.41, 5.74) is 5.35. The number of halogens is 1. The Hall–Kier alpha value is -1.75. The highest BCUT2D eigenvalue weighted by molar-refractivity contribution is 5.89. The van der Waals surface area contributed by atoms with Gasteiger partial charge in [0.05, 0.1) is 5.54 Å². The van der Waals surface area contributed by atoms with E-state index in [1.807, 2.05) is 30.3 Å². The van der Waals surface area contributed by atoms with Gasteiger partial charge in [-0.25, -0.2) is 4.79 Å². The number of benzene rings is 1. The van der Waals surface area contributed by atoms with Crippen LogP contribution in [0.4, 0.5) is 4.79 Å². The third-order valence-corrected chi connectivity index (χ3v) is 2.30. The molecule has 18 heavy (non-hydrogen) atoms. The number of nitrogens with two attached hydrogens (primary N) is 1. The Bertz CT molecular complexity index is 407. The molecule has 0 heterocycles. The zero-order valence-electron chi connectivity index (χ0n) is 10.4. The number of amidine groups is 1. The number of hydrogen-bond acceptors (Lipinski definition) is 3. The summed E-state index contributed by atoms with van der Waals surface area (Å²) >= 11 is 0. The van der Waals surface area contributed by atoms with Crippen molar-refractivity contribution in [3.63, 3.8) is 0 Å². The first-order chi connectivity index (χ1) is 7.92. The predicted molar refractivity (Wildman–Crippen MR) is 73.0 cm³/mol. The van der Waals surface area contributed by atoms with Crippen molar-refractivity contribution < 1.29 is 9.53 Å². The fourth-order valence-corrected chi connectivity index (χ4v) is 1.08. The van der Waals surface area contributed by atoms with Crippen LogP contribution in [0.25, 0.3) is 0 Å². The van der Waals surface area contributed by atoms with Crippen LogP contribution in [0.1, 0.15) is 19.4 Å². The second-order valence-corrected chi connectivity index (χ2v) is 4.23. The molecule has 0 saturated heterocycles. The van der Waals surface area contributed by atoms with Gasteiger partial charge in [-0.3, -0.25) is 5.41 Å². The fourth-order valence-electron chi connectivity index (χ4n) is 1.08. The van der Waals surface area contributed by atoms with Crippen LogP contribution in [-0.4, -0.2) is 17.5 Å². The van der Waals surface area contributed by atoms with E-state index in [1.54, 1.807) is 13.8 Å². The summed E-state index contributed by atoms with van der Waals surface area (Å²) < 4.78 is 5.01. The topological polar surface area (TPSA) is 88.2 Å². The molecule has 0 radical (unpaired) electrons. The summed E-state index contributed by atoms with van der Waals surface area (Å²) in [5, 5.41) is 9.81. The largest absolute Gasteiger partial charge is 0.445 e. The SMILES string of the molecule is CC(C)(NC(=O)OCc1ccccc1)C(=N)N.Cl. The highest BCUT2D eigenvalue weighted by Gasteiger charge is 2.24. The van der Waals surface area contributed by atoms with Gasteiger partial charge in [0.15, 0.2) is 0 Å². The van der Waals surface area contributed by atoms with E-state index in [4.69, 9.17) is 15.9 Å². The van der Waals surface area contributed by atoms with Gasteiger partial charge in [0, 0.05) is 0 Å². The molecule has 0 aliphatic heterocycles. The Balaban J connectivity index is 0.00000289. The van der Waals surface area contributed by atoms with E-state index in [0.717, 1.165) is 5.56 Å². The van der Waals surface area contributed by atoms with Crippen molar-refractivity contribution >= 4 is 24.3 Å². The zero-order chi connectivity index (χ0) is 12.9. The molecule has 0 aliphatic carbocycles. The molecule has 0 aliphatic rings. The minimum Gasteiger partial charge on any atom is -0.445 e. The third kappa shape index (κ3) is 5.05. The molecule has 1 amide bonds. The molecule has 0 bridgehead atoms. The van der Waals surface area contributed by atoms with E-state index < -0.39 is 11.6 Å². The van der Waals surface area contributed by atoms with Crippen LogP contribution in [0.3, 0.4) is 0 Å². The van der Waals surface area contributed by atoms with Crippen molar-refractivity contribution in [3.05, 3.63) is 35.9 Å². The van der Waals surface area contributed by atoms with E-state index in [2.05, 4.69) is 5.32 Å². The average Bonchev–Trinajstić information content (AvgIpc) is 2.27. The standard InChI is InChI=1S/C12H17N3O2.ClH/c1-12(2,10(13)14)15-11(16)17-8-9-6-4-3-5-7-9;/h3-7H,8H2,1-2H3,(H3,13,14)(H,15,16);1H. The molecule has 0 aromatic heterocycles. The van der Waals surface area contributed by atoms with Crippen LogP contribution in [0.5, 0.6) is 0 Å². The molecule has 0 spiro atoms. The molecule has 6 heteroatoms. The molecular weight excluding hydrogens is 254 g/mol. The summed E-state index contributed by atoms with van der Waals surface area (Å²) in [6, 6.07) is 9.36. The molecule has 0 atom stereocenters. The molecule has 1 aromatic rings. The van der Waals surface area contributed by atoms with Crippen LogP contribution in [-0.2, 0) is 11.3 Å². The summed E-state index contributed by atoms with van der Waals surface area (Å²) in [6.07, 6.45) is -0.589. The highest BCUT2D eigenvalue weighted by atomic mass is 35.5. The smallest absolute Gasteiger partial charge is 0.408 e. The number of carbonyl (C=O) groups excluding carboxylic acids is 1. The molecule has 5 nitrogen and oxygen atoms in total. The van der Waals surface area contributed by atoms with Crippen LogP contribution in [0.2, 0.25) is 0 Å². The van der Waals surface area contributed by atoms with Gasteiger partial charge in [0.2, 0.25) is 0 Å². The van der Waals surface area contributed by atoms with E-state index >= 15 is 0 Å². The zero-order valence-corrected chi connectivity index (χ0v) is 11.2. The summed E-state index contributed by atoms with van der Waals surface area (Å²) in [4.78, 5) is 11.5. The van der Waals surface area contributed by atoms with E-state index in [-0.39, 0.29) is 24.8 Å². The van der Waals surface area contributed by atoms with Gasteiger partial charge in [0.25, 0.3) is 0 Å². The van der Waals surface area contributed by atoms with Gasteiger partial charge in [-0.05, 0) is 19.4 Å². The van der Waals surface area contributed by atoms with Gasteiger partial charge in [0.1, 0.15) is 12.4 Å². The lowest BCUT2D eigenvalue weighted by Crippen LogP contribution is -2.52. The van der Waals surface area contributed by atoms with Gasteiger partial charge in [-0.1, -0.05) is 30.3 Å². The van der Waals surface area contributed by atoms with Gasteiger partial charge in [-0.2, -0.15) is 0 Å². The number of ether oxygens (including phenoxy) is 1. The summed E-state index contributed by atoms with van der Waals surface area (Å²) in [5.74, 6) is -0.117. The normalized spacial score (nSPS) is 10.1. The Kier molecular flexibility index (Phi) is 6.19. The van der Waals surface area contributed by atoms with Crippen molar-refractivity contribution in [1.29, 1.82) is 5.41 Å². The van der Waals surface area contributed by atoms with Crippen LogP contribution < -0.4 is 11.1 Å². The second kappa shape index (κ2) is 6.86. The Labute approximate surface area is 113 Å². The Morgan fingerprint density at radius 2 is 1.94 bits per heavy atom. The van der Waals surface area contributed by atoms with E-state index in [9.17, 15) is 4.79 Å². The maximum Gasteiger partial charge on any atom is 0.408 e. The number of amides is 1. The molecule has 1 aromatic carbocycles. The van der Waals surface area contributed by atoms with Crippen molar-refractivity contribution in [2.24, 2.45) is 5.73 Å². The van der Waals surface area contributed by atoms with Gasteiger partial charge >= 0.3 is 6.09 Å². The molecule has 0 saturated carbocycles. The number of carbonyl (C=O) groups is 1. The molecule has 100 valence electrons. The summed E-state index contributed by atoms with van der Waals surface area (Å²) in [6.45, 7) is 3.47. The maximum atomic E-state index is 11.5. The monoisotopic (exact) mass is 271 g/mol. The van der Waals surface area contributed by atoms with E-state index in [1.165, 1.54) is 0 Å². The van der Waals surface area contributed by atoms with Crippen LogP contribution in [0, 0.1) is 5.41 Å². The first kappa shape index (κ1) is 16.2. The number of hydrogen-bond donors (Lipinski definition) is 3. The van der Waals surface area contributed by atoms with Gasteiger partial charge in [-0.15, -0.1) is 12.4 Å². The number of alkyl carbamates (subject to hydrolysis) is 1. The molecular formula is C12H18ClN3O2.